The van der Waals surface area contributed by atoms with Crippen LogP contribution in [0.25, 0.3) is 22.3 Å². The summed E-state index contributed by atoms with van der Waals surface area (Å²) in [6, 6.07) is 11.9. The van der Waals surface area contributed by atoms with Crippen molar-refractivity contribution in [3.8, 4) is 28.0 Å². The number of hydrogen-bond acceptors (Lipinski definition) is 3. The average molecular weight is 487 g/mol. The minimum Gasteiger partial charge on any atom is -0.494 e. The molecule has 0 atom stereocenters. The lowest BCUT2D eigenvalue weighted by Crippen LogP contribution is -2.31. The topological polar surface area (TPSA) is 27.7 Å². The highest BCUT2D eigenvalue weighted by Crippen LogP contribution is 2.34. The first-order valence-electron chi connectivity index (χ1n) is 11.4. The molecule has 0 radical (unpaired) electrons. The summed E-state index contributed by atoms with van der Waals surface area (Å²) in [6.45, 7) is 2.43. The van der Waals surface area contributed by atoms with Gasteiger partial charge in [0.05, 0.1) is 20.3 Å². The number of rotatable bonds is 7. The summed E-state index contributed by atoms with van der Waals surface area (Å²) in [5.74, 6) is -4.66. The van der Waals surface area contributed by atoms with Crippen LogP contribution in [0.1, 0.15) is 31.2 Å². The van der Waals surface area contributed by atoms with E-state index in [0.29, 0.717) is 17.5 Å². The molecule has 0 spiro atoms. The lowest BCUT2D eigenvalue weighted by molar-refractivity contribution is -0.189. The molecule has 3 nitrogen and oxygen atoms in total. The van der Waals surface area contributed by atoms with Crippen LogP contribution in [0, 0.1) is 23.3 Å². The molecule has 0 N–H and O–H groups in total. The van der Waals surface area contributed by atoms with E-state index in [1.165, 1.54) is 55.6 Å². The highest BCUT2D eigenvalue weighted by atomic mass is 19.2. The van der Waals surface area contributed by atoms with Crippen molar-refractivity contribution in [1.29, 1.82) is 0 Å². The van der Waals surface area contributed by atoms with Gasteiger partial charge in [-0.3, -0.25) is 0 Å². The van der Waals surface area contributed by atoms with Crippen LogP contribution in [-0.2, 0) is 9.47 Å². The fourth-order valence-electron chi connectivity index (χ4n) is 4.13. The fraction of sp³-hybridized carbons (Fsp3) is 0.286. The summed E-state index contributed by atoms with van der Waals surface area (Å²) in [5, 5.41) is 0. The van der Waals surface area contributed by atoms with Crippen LogP contribution in [0.2, 0.25) is 0 Å². The smallest absolute Gasteiger partial charge is 0.201 e. The van der Waals surface area contributed by atoms with Gasteiger partial charge in [0.1, 0.15) is 0 Å². The van der Waals surface area contributed by atoms with Gasteiger partial charge in [-0.05, 0) is 42.2 Å². The molecule has 1 heterocycles. The van der Waals surface area contributed by atoms with Gasteiger partial charge in [0.2, 0.25) is 5.82 Å². The monoisotopic (exact) mass is 486 g/mol. The second-order valence-electron chi connectivity index (χ2n) is 8.29. The van der Waals surface area contributed by atoms with Crippen molar-refractivity contribution in [3.05, 3.63) is 89.5 Å². The SMILES string of the molecule is CC=CCCC1OCC(c2ccc(-c3ccc(-c4ccc(OC)c(F)c4F)cc3)c(F)c2F)CO1. The molecule has 0 unspecified atom stereocenters. The highest BCUT2D eigenvalue weighted by Gasteiger charge is 2.27. The van der Waals surface area contributed by atoms with E-state index < -0.39 is 29.2 Å². The molecule has 0 aromatic heterocycles. The standard InChI is InChI=1S/C28H26F4O3/c1-3-4-5-6-24-34-15-19(16-35-24)22-12-11-20(25(29)26(22)30)17-7-9-18(10-8-17)21-13-14-23(33-2)28(32)27(21)31/h3-4,7-14,19,24H,5-6,15-16H2,1-2H3. The molecule has 7 heteroatoms. The molecule has 3 aromatic carbocycles. The third-order valence-corrected chi connectivity index (χ3v) is 6.10. The number of benzene rings is 3. The summed E-state index contributed by atoms with van der Waals surface area (Å²) in [6.07, 6.45) is 5.15. The van der Waals surface area contributed by atoms with Crippen LogP contribution in [0.4, 0.5) is 17.6 Å². The Morgan fingerprint density at radius 1 is 0.800 bits per heavy atom. The van der Waals surface area contributed by atoms with E-state index in [4.69, 9.17) is 14.2 Å². The maximum atomic E-state index is 15.0. The van der Waals surface area contributed by atoms with Gasteiger partial charge >= 0.3 is 0 Å². The summed E-state index contributed by atoms with van der Waals surface area (Å²) >= 11 is 0. The lowest BCUT2D eigenvalue weighted by atomic mass is 9.94. The number of hydrogen-bond donors (Lipinski definition) is 0. The van der Waals surface area contributed by atoms with Crippen LogP contribution in [0.5, 0.6) is 5.75 Å². The normalized spacial score (nSPS) is 18.2. The van der Waals surface area contributed by atoms with Gasteiger partial charge in [0.15, 0.2) is 29.5 Å². The first-order chi connectivity index (χ1) is 16.9. The molecule has 3 aromatic rings. The van der Waals surface area contributed by atoms with Crippen molar-refractivity contribution in [3.63, 3.8) is 0 Å². The van der Waals surface area contributed by atoms with Gasteiger partial charge in [-0.2, -0.15) is 4.39 Å². The van der Waals surface area contributed by atoms with Crippen molar-refractivity contribution in [2.75, 3.05) is 20.3 Å². The third kappa shape index (κ3) is 5.26. The quantitative estimate of drug-likeness (QED) is 0.257. The molecule has 0 aliphatic carbocycles. The Balaban J connectivity index is 1.51. The second-order valence-corrected chi connectivity index (χ2v) is 8.29. The molecule has 4 rings (SSSR count). The van der Waals surface area contributed by atoms with Crippen molar-refractivity contribution in [2.45, 2.75) is 32.0 Å². The summed E-state index contributed by atoms with van der Waals surface area (Å²) < 4.78 is 74.6. The van der Waals surface area contributed by atoms with E-state index >= 15 is 4.39 Å². The van der Waals surface area contributed by atoms with Crippen molar-refractivity contribution in [2.24, 2.45) is 0 Å². The number of allylic oxidation sites excluding steroid dienone is 2. The molecular weight excluding hydrogens is 460 g/mol. The van der Waals surface area contributed by atoms with E-state index in [9.17, 15) is 13.2 Å². The largest absolute Gasteiger partial charge is 0.494 e. The van der Waals surface area contributed by atoms with Crippen LogP contribution in [-0.4, -0.2) is 26.6 Å². The van der Waals surface area contributed by atoms with E-state index in [-0.39, 0.29) is 41.9 Å². The van der Waals surface area contributed by atoms with Gasteiger partial charge in [-0.25, -0.2) is 13.2 Å². The summed E-state index contributed by atoms with van der Waals surface area (Å²) in [7, 11) is 1.25. The van der Waals surface area contributed by atoms with Crippen LogP contribution >= 0.6 is 0 Å². The zero-order chi connectivity index (χ0) is 24.9. The third-order valence-electron chi connectivity index (χ3n) is 6.10. The van der Waals surface area contributed by atoms with Gasteiger partial charge in [-0.1, -0.05) is 48.6 Å². The predicted octanol–water partition coefficient (Wildman–Crippen LogP) is 7.40. The van der Waals surface area contributed by atoms with Crippen LogP contribution in [0.15, 0.2) is 60.7 Å². The maximum absolute atomic E-state index is 15.0. The van der Waals surface area contributed by atoms with E-state index in [1.54, 1.807) is 0 Å². The fourth-order valence-corrected chi connectivity index (χ4v) is 4.13. The molecule has 0 bridgehead atoms. The molecule has 1 aliphatic rings. The molecular formula is C28H26F4O3. The second kappa shape index (κ2) is 11.1. The van der Waals surface area contributed by atoms with Crippen LogP contribution < -0.4 is 4.74 Å². The Kier molecular flexibility index (Phi) is 7.88. The van der Waals surface area contributed by atoms with Crippen LogP contribution in [0.3, 0.4) is 0 Å². The average Bonchev–Trinajstić information content (AvgIpc) is 2.88. The zero-order valence-corrected chi connectivity index (χ0v) is 19.5. The van der Waals surface area contributed by atoms with Crippen molar-refractivity contribution < 1.29 is 31.8 Å². The Hall–Kier alpha value is -3.16. The van der Waals surface area contributed by atoms with Gasteiger partial charge in [0, 0.05) is 23.5 Å². The molecule has 184 valence electrons. The summed E-state index contributed by atoms with van der Waals surface area (Å²) in [4.78, 5) is 0. The molecule has 35 heavy (non-hydrogen) atoms. The molecule has 0 amide bonds. The van der Waals surface area contributed by atoms with E-state index in [0.717, 1.165) is 6.42 Å². The Labute approximate surface area is 202 Å². The molecule has 1 aliphatic heterocycles. The lowest BCUT2D eigenvalue weighted by Gasteiger charge is -2.30. The van der Waals surface area contributed by atoms with Gasteiger partial charge in [-0.15, -0.1) is 0 Å². The molecule has 1 fully saturated rings. The van der Waals surface area contributed by atoms with E-state index in [2.05, 4.69) is 0 Å². The minimum absolute atomic E-state index is 0.0400. The number of ether oxygens (including phenoxy) is 3. The number of halogens is 4. The van der Waals surface area contributed by atoms with E-state index in [1.807, 2.05) is 19.1 Å². The van der Waals surface area contributed by atoms with Gasteiger partial charge in [0.25, 0.3) is 0 Å². The first-order valence-corrected chi connectivity index (χ1v) is 11.4. The molecule has 1 saturated heterocycles. The van der Waals surface area contributed by atoms with Crippen molar-refractivity contribution in [1.82, 2.24) is 0 Å². The maximum Gasteiger partial charge on any atom is 0.201 e. The van der Waals surface area contributed by atoms with Gasteiger partial charge < -0.3 is 14.2 Å². The minimum atomic E-state index is -1.09. The highest BCUT2D eigenvalue weighted by molar-refractivity contribution is 5.71. The van der Waals surface area contributed by atoms with Crippen molar-refractivity contribution >= 4 is 0 Å². The summed E-state index contributed by atoms with van der Waals surface area (Å²) in [5.41, 5.74) is 1.11. The first kappa shape index (κ1) is 24.9. The number of methoxy groups -OCH3 is 1. The zero-order valence-electron chi connectivity index (χ0n) is 19.5. The Morgan fingerprint density at radius 2 is 1.37 bits per heavy atom. The Morgan fingerprint density at radius 3 is 1.94 bits per heavy atom. The Bertz CT molecular complexity index is 1200. The molecule has 0 saturated carbocycles. The predicted molar refractivity (Wildman–Crippen MR) is 126 cm³/mol.